The van der Waals surface area contributed by atoms with Crippen LogP contribution in [0.1, 0.15) is 114 Å². The van der Waals surface area contributed by atoms with Crippen LogP contribution in [0.2, 0.25) is 0 Å². The maximum atomic E-state index is 12.5. The molecule has 0 atom stereocenters. The quantitative estimate of drug-likeness (QED) is 0.285. The van der Waals surface area contributed by atoms with Gasteiger partial charge >= 0.3 is 0 Å². The Labute approximate surface area is 195 Å². The van der Waals surface area contributed by atoms with E-state index < -0.39 is 0 Å². The molecule has 0 unspecified atom stereocenters. The van der Waals surface area contributed by atoms with Gasteiger partial charge in [-0.15, -0.1) is 0 Å². The van der Waals surface area contributed by atoms with Crippen molar-refractivity contribution in [2.45, 2.75) is 104 Å². The van der Waals surface area contributed by atoms with Crippen LogP contribution in [-0.2, 0) is 0 Å². The van der Waals surface area contributed by atoms with E-state index in [1.54, 1.807) is 0 Å². The van der Waals surface area contributed by atoms with Crippen LogP contribution in [0.25, 0.3) is 0 Å². The summed E-state index contributed by atoms with van der Waals surface area (Å²) in [4.78, 5) is 12.5. The number of hydrogen-bond acceptors (Lipinski definition) is 3. The van der Waals surface area contributed by atoms with Crippen molar-refractivity contribution >= 4 is 11.6 Å². The Balaban J connectivity index is 1.36. The zero-order valence-electron chi connectivity index (χ0n) is 20.4. The summed E-state index contributed by atoms with van der Waals surface area (Å²) in [7, 11) is 0. The van der Waals surface area contributed by atoms with Gasteiger partial charge in [0.05, 0.1) is 6.61 Å². The summed E-state index contributed by atoms with van der Waals surface area (Å²) >= 11 is 0. The normalized spacial score (nSPS) is 23.6. The number of unbranched alkanes of at least 4 members (excludes halogenated alkanes) is 3. The van der Waals surface area contributed by atoms with Crippen LogP contribution in [0.15, 0.2) is 29.4 Å². The minimum absolute atomic E-state index is 0.136. The average Bonchev–Trinajstić information content (AvgIpc) is 2.84. The van der Waals surface area contributed by atoms with Crippen LogP contribution < -0.4 is 10.2 Å². The molecule has 32 heavy (non-hydrogen) atoms. The van der Waals surface area contributed by atoms with E-state index in [1.165, 1.54) is 70.6 Å². The summed E-state index contributed by atoms with van der Waals surface area (Å²) in [6.07, 6.45) is 17.8. The molecule has 0 heterocycles. The lowest BCUT2D eigenvalue weighted by atomic mass is 9.70. The van der Waals surface area contributed by atoms with Gasteiger partial charge < -0.3 is 4.74 Å². The minimum Gasteiger partial charge on any atom is -0.494 e. The smallest absolute Gasteiger partial charge is 0.271 e. The third-order valence-corrected chi connectivity index (χ3v) is 7.56. The summed E-state index contributed by atoms with van der Waals surface area (Å²) in [5, 5.41) is 4.46. The van der Waals surface area contributed by atoms with Crippen LogP contribution >= 0.6 is 0 Å². The summed E-state index contributed by atoms with van der Waals surface area (Å²) in [5.41, 5.74) is 4.56. The fourth-order valence-electron chi connectivity index (χ4n) is 5.53. The molecule has 0 aromatic heterocycles. The van der Waals surface area contributed by atoms with Gasteiger partial charge in [-0.2, -0.15) is 5.10 Å². The molecular weight excluding hydrogens is 396 g/mol. The summed E-state index contributed by atoms with van der Waals surface area (Å²) < 4.78 is 5.76. The molecule has 0 saturated heterocycles. The van der Waals surface area contributed by atoms with Gasteiger partial charge in [0.1, 0.15) is 5.75 Å². The number of amides is 1. The highest BCUT2D eigenvalue weighted by molar-refractivity contribution is 5.95. The van der Waals surface area contributed by atoms with Crippen molar-refractivity contribution in [2.75, 3.05) is 6.61 Å². The molecule has 0 radical (unpaired) electrons. The van der Waals surface area contributed by atoms with E-state index >= 15 is 0 Å². The second kappa shape index (κ2) is 13.6. The largest absolute Gasteiger partial charge is 0.494 e. The first-order valence-electron chi connectivity index (χ1n) is 13.3. The Morgan fingerprint density at radius 2 is 1.59 bits per heavy atom. The Morgan fingerprint density at radius 1 is 0.906 bits per heavy atom. The molecule has 0 aliphatic heterocycles. The highest BCUT2D eigenvalue weighted by atomic mass is 16.5. The number of nitrogens with zero attached hydrogens (tertiary/aromatic N) is 1. The molecule has 4 nitrogen and oxygen atoms in total. The van der Waals surface area contributed by atoms with Crippen LogP contribution in [0.4, 0.5) is 0 Å². The lowest BCUT2D eigenvalue weighted by Gasteiger charge is -2.36. The third kappa shape index (κ3) is 7.94. The summed E-state index contributed by atoms with van der Waals surface area (Å²) in [5.74, 6) is 3.46. The van der Waals surface area contributed by atoms with E-state index in [-0.39, 0.29) is 5.91 Å². The maximum absolute atomic E-state index is 12.5. The predicted octanol–water partition coefficient (Wildman–Crippen LogP) is 7.53. The van der Waals surface area contributed by atoms with Crippen molar-refractivity contribution in [1.82, 2.24) is 5.43 Å². The van der Waals surface area contributed by atoms with Crippen LogP contribution in [0.3, 0.4) is 0 Å². The standard InChI is InChI=1S/C28H44N2O2/c1-3-5-6-7-21-32-27-19-15-25(16-20-27)28(31)30-29-26-17-13-24(14-18-26)23-11-9-22(8-4-2)10-12-23/h15-16,19-20,22-24H,3-14,17-18,21H2,1-2H3,(H,30,31). The summed E-state index contributed by atoms with van der Waals surface area (Å²) in [6, 6.07) is 7.40. The fraction of sp³-hybridized carbons (Fsp3) is 0.714. The molecule has 2 saturated carbocycles. The zero-order chi connectivity index (χ0) is 22.6. The zero-order valence-corrected chi connectivity index (χ0v) is 20.4. The van der Waals surface area contributed by atoms with E-state index in [0.29, 0.717) is 5.56 Å². The number of carbonyl (C=O) groups excluding carboxylic acids is 1. The van der Waals surface area contributed by atoms with Crippen LogP contribution in [-0.4, -0.2) is 18.2 Å². The number of nitrogens with one attached hydrogen (secondary N) is 1. The molecule has 2 aliphatic carbocycles. The maximum Gasteiger partial charge on any atom is 0.271 e. The average molecular weight is 441 g/mol. The number of ether oxygens (including phenoxy) is 1. The SMILES string of the molecule is CCCCCCOc1ccc(C(=O)NN=C2CCC(C3CCC(CCC)CC3)CC2)cc1. The van der Waals surface area contributed by atoms with Gasteiger partial charge in [-0.25, -0.2) is 5.43 Å². The topological polar surface area (TPSA) is 50.7 Å². The number of carbonyl (C=O) groups is 1. The Morgan fingerprint density at radius 3 is 2.25 bits per heavy atom. The van der Waals surface area contributed by atoms with Crippen LogP contribution in [0.5, 0.6) is 5.75 Å². The first-order chi connectivity index (χ1) is 15.7. The molecule has 2 fully saturated rings. The van der Waals surface area contributed by atoms with Gasteiger partial charge in [0.15, 0.2) is 0 Å². The van der Waals surface area contributed by atoms with Gasteiger partial charge in [0, 0.05) is 11.3 Å². The van der Waals surface area contributed by atoms with Crippen molar-refractivity contribution < 1.29 is 9.53 Å². The van der Waals surface area contributed by atoms with E-state index in [1.807, 2.05) is 24.3 Å². The number of hydrogen-bond donors (Lipinski definition) is 1. The lowest BCUT2D eigenvalue weighted by molar-refractivity contribution is 0.0954. The van der Waals surface area contributed by atoms with Gasteiger partial charge in [-0.3, -0.25) is 4.79 Å². The molecule has 1 aromatic carbocycles. The molecule has 0 bridgehead atoms. The van der Waals surface area contributed by atoms with Crippen molar-refractivity contribution in [1.29, 1.82) is 0 Å². The molecule has 3 rings (SSSR count). The monoisotopic (exact) mass is 440 g/mol. The van der Waals surface area contributed by atoms with E-state index in [2.05, 4.69) is 24.4 Å². The van der Waals surface area contributed by atoms with E-state index in [9.17, 15) is 4.79 Å². The number of hydrazone groups is 1. The van der Waals surface area contributed by atoms with Gasteiger partial charge in [-0.1, -0.05) is 58.8 Å². The first kappa shape index (κ1) is 24.8. The van der Waals surface area contributed by atoms with Gasteiger partial charge in [0.2, 0.25) is 0 Å². The fourth-order valence-corrected chi connectivity index (χ4v) is 5.53. The van der Waals surface area contributed by atoms with Gasteiger partial charge in [0.25, 0.3) is 5.91 Å². The minimum atomic E-state index is -0.136. The molecule has 1 aromatic rings. The predicted molar refractivity (Wildman–Crippen MR) is 133 cm³/mol. The van der Waals surface area contributed by atoms with Gasteiger partial charge in [-0.05, 0) is 87.0 Å². The molecule has 178 valence electrons. The van der Waals surface area contributed by atoms with E-state index in [4.69, 9.17) is 4.74 Å². The first-order valence-corrected chi connectivity index (χ1v) is 13.3. The molecule has 1 amide bonds. The lowest BCUT2D eigenvalue weighted by Crippen LogP contribution is -2.27. The van der Waals surface area contributed by atoms with Crippen molar-refractivity contribution in [3.8, 4) is 5.75 Å². The Kier molecular flexibility index (Phi) is 10.6. The van der Waals surface area contributed by atoms with E-state index in [0.717, 1.165) is 55.1 Å². The second-order valence-corrected chi connectivity index (χ2v) is 9.96. The highest BCUT2D eigenvalue weighted by Gasteiger charge is 2.29. The third-order valence-electron chi connectivity index (χ3n) is 7.56. The molecule has 0 spiro atoms. The Hall–Kier alpha value is -1.84. The number of rotatable bonds is 11. The van der Waals surface area contributed by atoms with Crippen molar-refractivity contribution in [3.63, 3.8) is 0 Å². The molecule has 4 heteroatoms. The van der Waals surface area contributed by atoms with Crippen LogP contribution in [0, 0.1) is 17.8 Å². The summed E-state index contributed by atoms with van der Waals surface area (Å²) in [6.45, 7) is 5.26. The van der Waals surface area contributed by atoms with Crippen molar-refractivity contribution in [3.05, 3.63) is 29.8 Å². The molecular formula is C28H44N2O2. The Bertz CT molecular complexity index is 695. The second-order valence-electron chi connectivity index (χ2n) is 9.96. The highest BCUT2D eigenvalue weighted by Crippen LogP contribution is 2.40. The van der Waals surface area contributed by atoms with Crippen molar-refractivity contribution in [2.24, 2.45) is 22.9 Å². The molecule has 2 aliphatic rings. The number of benzene rings is 1. The molecule has 1 N–H and O–H groups in total.